The van der Waals surface area contributed by atoms with E-state index in [-0.39, 0.29) is 0 Å². The first-order valence-corrected chi connectivity index (χ1v) is 5.81. The van der Waals surface area contributed by atoms with Crippen molar-refractivity contribution in [2.75, 3.05) is 0 Å². The first-order valence-electron chi connectivity index (χ1n) is 5.81. The van der Waals surface area contributed by atoms with Crippen molar-refractivity contribution in [2.24, 2.45) is 0 Å². The molecule has 0 saturated carbocycles. The van der Waals surface area contributed by atoms with Gasteiger partial charge in [0.15, 0.2) is 6.23 Å². The van der Waals surface area contributed by atoms with Crippen LogP contribution in [0.3, 0.4) is 0 Å². The van der Waals surface area contributed by atoms with E-state index in [1.165, 1.54) is 13.1 Å². The van der Waals surface area contributed by atoms with Gasteiger partial charge in [-0.1, -0.05) is 6.08 Å². The van der Waals surface area contributed by atoms with Crippen LogP contribution in [0.1, 0.15) is 19.6 Å². The molecule has 1 aliphatic rings. The lowest BCUT2D eigenvalue weighted by Gasteiger charge is -2.17. The minimum atomic E-state index is -1.13. The maximum absolute atomic E-state index is 13.1. The van der Waals surface area contributed by atoms with E-state index in [1.54, 1.807) is 17.3 Å². The van der Waals surface area contributed by atoms with Crippen molar-refractivity contribution < 1.29 is 13.9 Å². The number of aromatic amines is 1. The summed E-state index contributed by atoms with van der Waals surface area (Å²) in [5, 5.41) is 2.74. The number of hydrogen-bond acceptors (Lipinski definition) is 5. The maximum atomic E-state index is 13.1. The summed E-state index contributed by atoms with van der Waals surface area (Å²) < 4.78 is 19.0. The van der Waals surface area contributed by atoms with Gasteiger partial charge in [-0.15, -0.1) is 0 Å². The maximum Gasteiger partial charge on any atom is 0.337 e. The highest BCUT2D eigenvalue weighted by Crippen LogP contribution is 2.12. The van der Waals surface area contributed by atoms with Gasteiger partial charge in [0.25, 0.3) is 5.56 Å². The molecule has 7 nitrogen and oxygen atoms in total. The van der Waals surface area contributed by atoms with Gasteiger partial charge >= 0.3 is 11.7 Å². The van der Waals surface area contributed by atoms with Gasteiger partial charge < -0.3 is 10.1 Å². The molecule has 0 spiro atoms. The van der Waals surface area contributed by atoms with E-state index >= 15 is 0 Å². The lowest BCUT2D eigenvalue weighted by atomic mass is 10.2. The first kappa shape index (κ1) is 13.8. The number of carbonyl (C=O) groups is 1. The SMILES string of the molecule is CC(OC(=O)C1=CNC=CC1)n1cc(F)c(=O)[nH]c1=O. The number of nitrogens with one attached hydrogen (secondary N) is 2. The minimum absolute atomic E-state index is 0.372. The van der Waals surface area contributed by atoms with Crippen molar-refractivity contribution in [3.63, 3.8) is 0 Å². The number of halogens is 1. The van der Waals surface area contributed by atoms with E-state index in [2.05, 4.69) is 5.32 Å². The summed E-state index contributed by atoms with van der Waals surface area (Å²) in [5.41, 5.74) is -1.60. The fourth-order valence-corrected chi connectivity index (χ4v) is 1.62. The van der Waals surface area contributed by atoms with E-state index in [0.29, 0.717) is 18.2 Å². The molecule has 0 amide bonds. The summed E-state index contributed by atoms with van der Waals surface area (Å²) in [4.78, 5) is 36.0. The Hall–Kier alpha value is -2.64. The molecule has 2 heterocycles. The van der Waals surface area contributed by atoms with E-state index in [4.69, 9.17) is 4.74 Å². The lowest BCUT2D eigenvalue weighted by Crippen LogP contribution is -2.34. The Morgan fingerprint density at radius 2 is 2.25 bits per heavy atom. The van der Waals surface area contributed by atoms with Gasteiger partial charge in [-0.05, 0) is 13.1 Å². The average Bonchev–Trinajstić information content (AvgIpc) is 2.43. The second kappa shape index (κ2) is 5.55. The Bertz CT molecular complexity index is 701. The highest BCUT2D eigenvalue weighted by Gasteiger charge is 2.18. The second-order valence-corrected chi connectivity index (χ2v) is 4.09. The molecule has 0 aromatic carbocycles. The Morgan fingerprint density at radius 3 is 2.90 bits per heavy atom. The number of hydrogen-bond donors (Lipinski definition) is 2. The zero-order valence-electron chi connectivity index (χ0n) is 10.6. The third-order valence-corrected chi connectivity index (χ3v) is 2.67. The van der Waals surface area contributed by atoms with Gasteiger partial charge in [0.1, 0.15) is 0 Å². The summed E-state index contributed by atoms with van der Waals surface area (Å²) in [6, 6.07) is 0. The van der Waals surface area contributed by atoms with Crippen LogP contribution < -0.4 is 16.6 Å². The number of allylic oxidation sites excluding steroid dienone is 1. The number of H-pyrrole nitrogens is 1. The molecule has 1 aromatic heterocycles. The van der Waals surface area contributed by atoms with Crippen molar-refractivity contribution in [1.29, 1.82) is 0 Å². The molecule has 106 valence electrons. The number of aromatic nitrogens is 2. The minimum Gasteiger partial charge on any atom is -0.438 e. The highest BCUT2D eigenvalue weighted by atomic mass is 19.1. The third kappa shape index (κ3) is 2.85. The smallest absolute Gasteiger partial charge is 0.337 e. The molecule has 0 radical (unpaired) electrons. The number of nitrogens with zero attached hydrogens (tertiary/aromatic N) is 1. The summed E-state index contributed by atoms with van der Waals surface area (Å²) >= 11 is 0. The molecule has 0 aliphatic carbocycles. The Balaban J connectivity index is 2.16. The van der Waals surface area contributed by atoms with E-state index < -0.39 is 29.3 Å². The van der Waals surface area contributed by atoms with Crippen LogP contribution in [-0.2, 0) is 9.53 Å². The number of carbonyl (C=O) groups excluding carboxylic acids is 1. The quantitative estimate of drug-likeness (QED) is 0.768. The van der Waals surface area contributed by atoms with Crippen LogP contribution in [0.25, 0.3) is 0 Å². The molecule has 8 heteroatoms. The predicted molar refractivity (Wildman–Crippen MR) is 67.1 cm³/mol. The van der Waals surface area contributed by atoms with Crippen LogP contribution in [0.4, 0.5) is 4.39 Å². The standard InChI is InChI=1S/C12H12FN3O4/c1-7(16-6-9(13)10(17)15-12(16)19)20-11(18)8-3-2-4-14-5-8/h2,4-7,14H,3H2,1H3,(H,15,17,19). The van der Waals surface area contributed by atoms with Crippen LogP contribution in [0, 0.1) is 5.82 Å². The number of rotatable bonds is 3. The number of esters is 1. The Morgan fingerprint density at radius 1 is 1.50 bits per heavy atom. The van der Waals surface area contributed by atoms with Gasteiger partial charge in [0.05, 0.1) is 11.8 Å². The highest BCUT2D eigenvalue weighted by molar-refractivity contribution is 5.88. The fraction of sp³-hybridized carbons (Fsp3) is 0.250. The topological polar surface area (TPSA) is 93.2 Å². The van der Waals surface area contributed by atoms with Gasteiger partial charge in [0.2, 0.25) is 5.82 Å². The van der Waals surface area contributed by atoms with Crippen molar-refractivity contribution in [3.8, 4) is 0 Å². The fourth-order valence-electron chi connectivity index (χ4n) is 1.62. The van der Waals surface area contributed by atoms with Gasteiger partial charge in [-0.3, -0.25) is 14.3 Å². The largest absolute Gasteiger partial charge is 0.438 e. The van der Waals surface area contributed by atoms with Crippen LogP contribution >= 0.6 is 0 Å². The molecule has 0 fully saturated rings. The van der Waals surface area contributed by atoms with Crippen LogP contribution in [0.2, 0.25) is 0 Å². The summed E-state index contributed by atoms with van der Waals surface area (Å²) in [6.07, 6.45) is 4.92. The third-order valence-electron chi connectivity index (χ3n) is 2.67. The van der Waals surface area contributed by atoms with E-state index in [1.807, 2.05) is 0 Å². The van der Waals surface area contributed by atoms with Crippen LogP contribution in [0.15, 0.2) is 39.8 Å². The Kier molecular flexibility index (Phi) is 3.83. The first-order chi connectivity index (χ1) is 9.49. The van der Waals surface area contributed by atoms with Crippen molar-refractivity contribution >= 4 is 5.97 Å². The zero-order chi connectivity index (χ0) is 14.7. The van der Waals surface area contributed by atoms with Gasteiger partial charge in [0, 0.05) is 12.6 Å². The van der Waals surface area contributed by atoms with Crippen LogP contribution in [-0.4, -0.2) is 15.5 Å². The molecular weight excluding hydrogens is 269 g/mol. The summed E-state index contributed by atoms with van der Waals surface area (Å²) in [7, 11) is 0. The van der Waals surface area contributed by atoms with Crippen LogP contribution in [0.5, 0.6) is 0 Å². The molecule has 1 unspecified atom stereocenters. The van der Waals surface area contributed by atoms with Gasteiger partial charge in [-0.25, -0.2) is 9.59 Å². The predicted octanol–water partition coefficient (Wildman–Crippen LogP) is 0.128. The van der Waals surface area contributed by atoms with Crippen molar-refractivity contribution in [1.82, 2.24) is 14.9 Å². The molecule has 1 aliphatic heterocycles. The molecular formula is C12H12FN3O4. The molecule has 1 atom stereocenters. The molecule has 0 saturated heterocycles. The second-order valence-electron chi connectivity index (χ2n) is 4.09. The number of dihydropyridines is 1. The number of ether oxygens (including phenoxy) is 1. The lowest BCUT2D eigenvalue weighted by molar-refractivity contribution is -0.148. The molecule has 2 rings (SSSR count). The summed E-state index contributed by atoms with van der Waals surface area (Å²) in [6.45, 7) is 1.39. The summed E-state index contributed by atoms with van der Waals surface area (Å²) in [5.74, 6) is -1.76. The molecule has 2 N–H and O–H groups in total. The zero-order valence-corrected chi connectivity index (χ0v) is 10.6. The van der Waals surface area contributed by atoms with Crippen molar-refractivity contribution in [2.45, 2.75) is 19.6 Å². The van der Waals surface area contributed by atoms with E-state index in [9.17, 15) is 18.8 Å². The molecule has 20 heavy (non-hydrogen) atoms. The Labute approximate surface area is 112 Å². The average molecular weight is 281 g/mol. The molecule has 1 aromatic rings. The van der Waals surface area contributed by atoms with E-state index in [0.717, 1.165) is 4.57 Å². The van der Waals surface area contributed by atoms with Gasteiger partial charge in [-0.2, -0.15) is 4.39 Å². The monoisotopic (exact) mass is 281 g/mol. The molecule has 0 bridgehead atoms. The van der Waals surface area contributed by atoms with Crippen molar-refractivity contribution in [3.05, 3.63) is 56.9 Å². The normalized spacial score (nSPS) is 15.2.